The van der Waals surface area contributed by atoms with E-state index < -0.39 is 53.2 Å². The number of ether oxygens (including phenoxy) is 1. The first kappa shape index (κ1) is 16.8. The fraction of sp³-hybridized carbons (Fsp3) is 0.750. The molecule has 0 aromatic rings. The Morgan fingerprint density at radius 1 is 1.44 bits per heavy atom. The smallest absolute Gasteiger partial charge is 0.480 e. The zero-order chi connectivity index (χ0) is 14.3. The molecule has 0 rings (SSSR count). The molecule has 2 atom stereocenters. The molecular weight excluding hydrogens is 279 g/mol. The number of carbonyl (C=O) groups is 2. The quantitative estimate of drug-likeness (QED) is 0.681. The van der Waals surface area contributed by atoms with Crippen molar-refractivity contribution in [1.82, 2.24) is 5.32 Å². The molecule has 0 heterocycles. The van der Waals surface area contributed by atoms with Crippen molar-refractivity contribution in [3.8, 4) is 0 Å². The van der Waals surface area contributed by atoms with Gasteiger partial charge in [-0.2, -0.15) is 0 Å². The first-order chi connectivity index (χ1) is 8.11. The van der Waals surface area contributed by atoms with Crippen LogP contribution in [0, 0.1) is 0 Å². The second-order valence-corrected chi connectivity index (χ2v) is 4.82. The topological polar surface area (TPSA) is 92.7 Å². The summed E-state index contributed by atoms with van der Waals surface area (Å²) in [6, 6.07) is -1.39. The van der Waals surface area contributed by atoms with Crippen molar-refractivity contribution in [2.45, 2.75) is 19.3 Å². The van der Waals surface area contributed by atoms with Crippen LogP contribution in [0.1, 0.15) is 6.92 Å². The van der Waals surface area contributed by atoms with Crippen LogP contribution in [0.4, 0.5) is 13.2 Å². The summed E-state index contributed by atoms with van der Waals surface area (Å²) in [6.07, 6.45) is -4.81. The lowest BCUT2D eigenvalue weighted by atomic mass is 10.3. The van der Waals surface area contributed by atoms with E-state index in [1.165, 1.54) is 0 Å². The Hall–Kier alpha value is -1.16. The van der Waals surface area contributed by atoms with Crippen LogP contribution < -0.4 is 5.32 Å². The van der Waals surface area contributed by atoms with Gasteiger partial charge in [-0.25, -0.2) is 4.79 Å². The van der Waals surface area contributed by atoms with E-state index in [0.29, 0.717) is 0 Å². The highest BCUT2D eigenvalue weighted by Crippen LogP contribution is 2.15. The molecule has 0 aliphatic carbocycles. The first-order valence-electron chi connectivity index (χ1n) is 4.67. The van der Waals surface area contributed by atoms with E-state index in [2.05, 4.69) is 4.74 Å². The Balaban J connectivity index is 4.11. The molecule has 0 spiro atoms. The van der Waals surface area contributed by atoms with E-state index in [4.69, 9.17) is 5.11 Å². The summed E-state index contributed by atoms with van der Waals surface area (Å²) in [5.74, 6) is -2.99. The summed E-state index contributed by atoms with van der Waals surface area (Å²) in [5, 5.41) is 10.7. The number of carbonyl (C=O) groups excluding carboxylic acids is 1. The molecule has 0 aromatic carbocycles. The second-order valence-electron chi connectivity index (χ2n) is 3.20. The van der Waals surface area contributed by atoms with Gasteiger partial charge in [0.2, 0.25) is 5.91 Å². The first-order valence-corrected chi connectivity index (χ1v) is 6.16. The van der Waals surface area contributed by atoms with Crippen molar-refractivity contribution in [2.24, 2.45) is 0 Å². The van der Waals surface area contributed by atoms with Gasteiger partial charge in [-0.15, -0.1) is 13.2 Å². The van der Waals surface area contributed by atoms with Crippen molar-refractivity contribution in [2.75, 3.05) is 18.1 Å². The third-order valence-corrected chi connectivity index (χ3v) is 2.93. The van der Waals surface area contributed by atoms with Gasteiger partial charge in [0.05, 0.1) is 12.4 Å². The fourth-order valence-electron chi connectivity index (χ4n) is 0.940. The normalized spacial score (nSPS) is 14.9. The van der Waals surface area contributed by atoms with Gasteiger partial charge in [0, 0.05) is 23.5 Å². The minimum Gasteiger partial charge on any atom is -0.480 e. The summed E-state index contributed by atoms with van der Waals surface area (Å²) in [6.45, 7) is 0.244. The van der Waals surface area contributed by atoms with E-state index in [-0.39, 0.29) is 0 Å². The van der Waals surface area contributed by atoms with Crippen molar-refractivity contribution in [3.05, 3.63) is 0 Å². The van der Waals surface area contributed by atoms with Crippen LogP contribution in [-0.2, 0) is 25.1 Å². The average Bonchev–Trinajstić information content (AvgIpc) is 2.13. The predicted octanol–water partition coefficient (Wildman–Crippen LogP) is -0.139. The highest BCUT2D eigenvalue weighted by Gasteiger charge is 2.29. The third-order valence-electron chi connectivity index (χ3n) is 1.60. The summed E-state index contributed by atoms with van der Waals surface area (Å²) in [7, 11) is -1.84. The molecule has 0 bridgehead atoms. The average molecular weight is 291 g/mol. The van der Waals surface area contributed by atoms with Gasteiger partial charge in [0.15, 0.2) is 0 Å². The molecule has 0 radical (unpaired) electrons. The van der Waals surface area contributed by atoms with Gasteiger partial charge in [0.25, 0.3) is 0 Å². The molecule has 0 fully saturated rings. The number of amides is 1. The maximum Gasteiger partial charge on any atom is 0.522 e. The molecule has 6 nitrogen and oxygen atoms in total. The van der Waals surface area contributed by atoms with Crippen LogP contribution in [0.3, 0.4) is 0 Å². The molecule has 1 amide bonds. The molecule has 2 N–H and O–H groups in total. The van der Waals surface area contributed by atoms with E-state index in [1.54, 1.807) is 0 Å². The van der Waals surface area contributed by atoms with Crippen LogP contribution in [0.2, 0.25) is 0 Å². The van der Waals surface area contributed by atoms with Gasteiger partial charge in [-0.1, -0.05) is 0 Å². The van der Waals surface area contributed by atoms with Crippen LogP contribution in [0.5, 0.6) is 0 Å². The lowest BCUT2D eigenvalue weighted by molar-refractivity contribution is -0.322. The Kier molecular flexibility index (Phi) is 6.84. The number of rotatable bonds is 7. The monoisotopic (exact) mass is 291 g/mol. The van der Waals surface area contributed by atoms with Crippen molar-refractivity contribution < 1.29 is 36.8 Å². The second kappa shape index (κ2) is 7.31. The molecule has 0 aliphatic rings. The molecule has 0 aliphatic heterocycles. The number of carboxylic acids is 1. The number of nitrogens with one attached hydrogen (secondary N) is 1. The van der Waals surface area contributed by atoms with Crippen molar-refractivity contribution in [3.63, 3.8) is 0 Å². The summed E-state index contributed by atoms with van der Waals surface area (Å²) < 4.78 is 49.5. The van der Waals surface area contributed by atoms with E-state index in [1.807, 2.05) is 5.32 Å². The zero-order valence-electron chi connectivity index (χ0n) is 9.32. The van der Waals surface area contributed by atoms with Gasteiger partial charge in [-0.05, 0) is 0 Å². The lowest BCUT2D eigenvalue weighted by Gasteiger charge is -2.13. The number of alkyl halides is 3. The number of hydrogen-bond acceptors (Lipinski definition) is 4. The van der Waals surface area contributed by atoms with E-state index in [9.17, 15) is 27.0 Å². The number of aliphatic carboxylic acids is 1. The SMILES string of the molecule is CC(=O)N[C@@H](CS(=O)CCOC(F)(F)F)C(=O)O. The van der Waals surface area contributed by atoms with Crippen LogP contribution in [0.15, 0.2) is 0 Å². The minimum absolute atomic E-state index is 0.469. The Labute approximate surface area is 103 Å². The molecule has 0 saturated heterocycles. The molecular formula is C8H12F3NO5S. The standard InChI is InChI=1S/C8H12F3NO5S/c1-5(13)12-6(7(14)15)4-18(16)3-2-17-8(9,10)11/h6H,2-4H2,1H3,(H,12,13)(H,14,15)/t6-,18?/m0/s1. The summed E-state index contributed by atoms with van der Waals surface area (Å²) in [4.78, 5) is 21.3. The van der Waals surface area contributed by atoms with E-state index in [0.717, 1.165) is 6.92 Å². The molecule has 10 heteroatoms. The highest BCUT2D eigenvalue weighted by molar-refractivity contribution is 7.85. The largest absolute Gasteiger partial charge is 0.522 e. The van der Waals surface area contributed by atoms with Gasteiger partial charge in [-0.3, -0.25) is 13.7 Å². The predicted molar refractivity (Wildman–Crippen MR) is 55.1 cm³/mol. The maximum absolute atomic E-state index is 11.6. The maximum atomic E-state index is 11.6. The van der Waals surface area contributed by atoms with Gasteiger partial charge in [0.1, 0.15) is 6.04 Å². The van der Waals surface area contributed by atoms with E-state index >= 15 is 0 Å². The summed E-state index contributed by atoms with van der Waals surface area (Å²) in [5.41, 5.74) is 0. The number of halogens is 3. The Morgan fingerprint density at radius 2 is 2.00 bits per heavy atom. The van der Waals surface area contributed by atoms with Crippen LogP contribution >= 0.6 is 0 Å². The van der Waals surface area contributed by atoms with Gasteiger partial charge >= 0.3 is 12.3 Å². The molecule has 1 unspecified atom stereocenters. The minimum atomic E-state index is -4.81. The zero-order valence-corrected chi connectivity index (χ0v) is 10.1. The fourth-order valence-corrected chi connectivity index (χ4v) is 1.97. The number of carboxylic acid groups (broad SMARTS) is 1. The molecule has 0 saturated carbocycles. The van der Waals surface area contributed by atoms with Crippen molar-refractivity contribution in [1.29, 1.82) is 0 Å². The third kappa shape index (κ3) is 8.93. The highest BCUT2D eigenvalue weighted by atomic mass is 32.2. The van der Waals surface area contributed by atoms with Crippen LogP contribution in [-0.4, -0.2) is 51.7 Å². The Bertz CT molecular complexity index is 333. The molecule has 18 heavy (non-hydrogen) atoms. The lowest BCUT2D eigenvalue weighted by Crippen LogP contribution is -2.43. The van der Waals surface area contributed by atoms with Crippen LogP contribution in [0.25, 0.3) is 0 Å². The molecule has 0 aromatic heterocycles. The Morgan fingerprint density at radius 3 is 2.39 bits per heavy atom. The van der Waals surface area contributed by atoms with Gasteiger partial charge < -0.3 is 10.4 Å². The number of hydrogen-bond donors (Lipinski definition) is 2. The molecule has 106 valence electrons. The summed E-state index contributed by atoms with van der Waals surface area (Å²) >= 11 is 0. The van der Waals surface area contributed by atoms with Crippen molar-refractivity contribution >= 4 is 22.7 Å².